The van der Waals surface area contributed by atoms with Gasteiger partial charge in [0.05, 0.1) is 30.0 Å². The number of nitrogens with one attached hydrogen (secondary N) is 3. The van der Waals surface area contributed by atoms with Gasteiger partial charge in [-0.1, -0.05) is 6.07 Å². The number of nitriles is 1. The summed E-state index contributed by atoms with van der Waals surface area (Å²) in [7, 11) is 0. The summed E-state index contributed by atoms with van der Waals surface area (Å²) in [6, 6.07) is 11.3. The molecule has 3 N–H and O–H groups in total. The molecule has 5 rings (SSSR count). The largest absolute Gasteiger partial charge is 0.381 e. The Balaban J connectivity index is 1.09. The van der Waals surface area contributed by atoms with Crippen molar-refractivity contribution >= 4 is 5.82 Å². The van der Waals surface area contributed by atoms with E-state index in [0.717, 1.165) is 79.5 Å². The van der Waals surface area contributed by atoms with Crippen LogP contribution < -0.4 is 16.2 Å². The number of pyridine rings is 2. The molecule has 1 saturated carbocycles. The van der Waals surface area contributed by atoms with Crippen LogP contribution in [0.3, 0.4) is 0 Å². The van der Waals surface area contributed by atoms with Gasteiger partial charge in [0.25, 0.3) is 5.56 Å². The van der Waals surface area contributed by atoms with E-state index in [-0.39, 0.29) is 12.6 Å². The number of halogens is 1. The number of aromatic nitrogens is 4. The Morgan fingerprint density at radius 1 is 1.20 bits per heavy atom. The maximum atomic E-state index is 13.1. The molecule has 1 saturated heterocycles. The Labute approximate surface area is 257 Å². The molecule has 2 fully saturated rings. The standard InChI is InChI=1S/C33H42FN7O3/c1-22-16-36-26(15-27(22)29-4-3-5-30(40-29)38-21-33(20-35)10-12-43-13-11-33)14-24-6-8-25(9-7-24)39-23(2)18-44-19-31-37-17-28(34)32(42)41-31/h3-5,15-17,23-25,39H,6-14,18-19,21H2,1-2H3,(H,38,40)(H,37,41,42)/t23-,24?,25?/m0/s1. The average molecular weight is 604 g/mol. The Hall–Kier alpha value is -3.72. The van der Waals surface area contributed by atoms with Crippen LogP contribution >= 0.6 is 0 Å². The molecule has 0 radical (unpaired) electrons. The summed E-state index contributed by atoms with van der Waals surface area (Å²) in [6.45, 7) is 6.55. The van der Waals surface area contributed by atoms with Crippen molar-refractivity contribution in [2.75, 3.05) is 31.7 Å². The van der Waals surface area contributed by atoms with Crippen LogP contribution in [0.15, 0.2) is 41.5 Å². The SMILES string of the molecule is Cc1cnc(CC2CCC(N[C@@H](C)COCc3ncc(F)c(=O)[nH]3)CC2)cc1-c1cccc(NCC2(C#N)CCOCC2)n1. The van der Waals surface area contributed by atoms with E-state index in [9.17, 15) is 14.4 Å². The van der Waals surface area contributed by atoms with E-state index >= 15 is 0 Å². The minimum absolute atomic E-state index is 0.133. The lowest BCUT2D eigenvalue weighted by atomic mass is 9.82. The summed E-state index contributed by atoms with van der Waals surface area (Å²) in [5.41, 5.74) is 2.96. The zero-order valence-electron chi connectivity index (χ0n) is 25.6. The Bertz CT molecular complexity index is 1490. The smallest absolute Gasteiger partial charge is 0.287 e. The van der Waals surface area contributed by atoms with Crippen molar-refractivity contribution in [2.45, 2.75) is 77.5 Å². The van der Waals surface area contributed by atoms with E-state index < -0.39 is 16.8 Å². The van der Waals surface area contributed by atoms with Crippen LogP contribution in [0.2, 0.25) is 0 Å². The fraction of sp³-hybridized carbons (Fsp3) is 0.545. The second-order valence-electron chi connectivity index (χ2n) is 12.3. The van der Waals surface area contributed by atoms with Crippen molar-refractivity contribution in [3.63, 3.8) is 0 Å². The third-order valence-corrected chi connectivity index (χ3v) is 8.76. The molecule has 4 heterocycles. The molecule has 10 nitrogen and oxygen atoms in total. The first-order chi connectivity index (χ1) is 21.3. The molecule has 44 heavy (non-hydrogen) atoms. The number of hydrogen-bond acceptors (Lipinski definition) is 9. The van der Waals surface area contributed by atoms with Gasteiger partial charge < -0.3 is 25.1 Å². The first-order valence-electron chi connectivity index (χ1n) is 15.6. The number of hydrogen-bond donors (Lipinski definition) is 3. The highest BCUT2D eigenvalue weighted by molar-refractivity contribution is 5.65. The lowest BCUT2D eigenvalue weighted by molar-refractivity contribution is 0.0455. The predicted octanol–water partition coefficient (Wildman–Crippen LogP) is 4.70. The van der Waals surface area contributed by atoms with Gasteiger partial charge in [-0.05, 0) is 88.5 Å². The average Bonchev–Trinajstić information content (AvgIpc) is 3.04. The molecule has 1 aliphatic carbocycles. The van der Waals surface area contributed by atoms with Gasteiger partial charge in [0, 0.05) is 49.3 Å². The quantitative estimate of drug-likeness (QED) is 0.269. The summed E-state index contributed by atoms with van der Waals surface area (Å²) in [5, 5.41) is 16.9. The van der Waals surface area contributed by atoms with Crippen molar-refractivity contribution in [3.8, 4) is 17.3 Å². The number of nitrogens with zero attached hydrogens (tertiary/aromatic N) is 4. The van der Waals surface area contributed by atoms with E-state index in [4.69, 9.17) is 19.4 Å². The van der Waals surface area contributed by atoms with Crippen LogP contribution in [0, 0.1) is 35.4 Å². The zero-order chi connectivity index (χ0) is 30.9. The zero-order valence-corrected chi connectivity index (χ0v) is 25.6. The Morgan fingerprint density at radius 3 is 2.75 bits per heavy atom. The van der Waals surface area contributed by atoms with Gasteiger partial charge in [0.2, 0.25) is 5.82 Å². The number of aryl methyl sites for hydroxylation is 1. The first kappa shape index (κ1) is 31.7. The van der Waals surface area contributed by atoms with Crippen LogP contribution in [-0.2, 0) is 22.5 Å². The third-order valence-electron chi connectivity index (χ3n) is 8.76. The maximum absolute atomic E-state index is 13.1. The van der Waals surface area contributed by atoms with Crippen molar-refractivity contribution < 1.29 is 13.9 Å². The third kappa shape index (κ3) is 8.46. The van der Waals surface area contributed by atoms with Gasteiger partial charge in [-0.2, -0.15) is 9.65 Å². The second-order valence-corrected chi connectivity index (χ2v) is 12.3. The number of anilines is 1. The fourth-order valence-corrected chi connectivity index (χ4v) is 6.09. The van der Waals surface area contributed by atoms with Crippen LogP contribution in [0.25, 0.3) is 11.3 Å². The minimum atomic E-state index is -0.898. The molecule has 1 atom stereocenters. The molecule has 3 aromatic heterocycles. The van der Waals surface area contributed by atoms with E-state index in [1.54, 1.807) is 0 Å². The highest BCUT2D eigenvalue weighted by atomic mass is 19.1. The van der Waals surface area contributed by atoms with Crippen molar-refractivity contribution in [2.24, 2.45) is 11.3 Å². The summed E-state index contributed by atoms with van der Waals surface area (Å²) in [4.78, 5) is 27.3. The van der Waals surface area contributed by atoms with E-state index in [1.165, 1.54) is 0 Å². The van der Waals surface area contributed by atoms with Crippen LogP contribution in [0.4, 0.5) is 10.2 Å². The molecule has 1 aliphatic heterocycles. The first-order valence-corrected chi connectivity index (χ1v) is 15.6. The summed E-state index contributed by atoms with van der Waals surface area (Å²) >= 11 is 0. The molecule has 11 heteroatoms. The summed E-state index contributed by atoms with van der Waals surface area (Å²) < 4.78 is 24.2. The molecule has 0 spiro atoms. The van der Waals surface area contributed by atoms with Gasteiger partial charge in [-0.3, -0.25) is 9.78 Å². The molecular formula is C33H42FN7O3. The van der Waals surface area contributed by atoms with E-state index in [0.29, 0.717) is 44.1 Å². The highest BCUT2D eigenvalue weighted by Gasteiger charge is 2.32. The molecule has 3 aromatic rings. The highest BCUT2D eigenvalue weighted by Crippen LogP contribution is 2.31. The number of ether oxygens (including phenoxy) is 2. The van der Waals surface area contributed by atoms with Crippen LogP contribution in [0.5, 0.6) is 0 Å². The Kier molecular flexibility index (Phi) is 10.7. The monoisotopic (exact) mass is 603 g/mol. The van der Waals surface area contributed by atoms with Gasteiger partial charge in [-0.25, -0.2) is 9.97 Å². The second kappa shape index (κ2) is 14.8. The van der Waals surface area contributed by atoms with E-state index in [1.807, 2.05) is 24.4 Å². The van der Waals surface area contributed by atoms with Gasteiger partial charge in [0.1, 0.15) is 18.2 Å². The molecule has 2 aliphatic rings. The molecule has 0 aromatic carbocycles. The van der Waals surface area contributed by atoms with Crippen molar-refractivity contribution in [3.05, 3.63) is 69.9 Å². The molecular weight excluding hydrogens is 561 g/mol. The van der Waals surface area contributed by atoms with Gasteiger partial charge >= 0.3 is 0 Å². The Morgan fingerprint density at radius 2 is 2.00 bits per heavy atom. The van der Waals surface area contributed by atoms with Crippen LogP contribution in [0.1, 0.15) is 62.5 Å². The van der Waals surface area contributed by atoms with Gasteiger partial charge in [-0.15, -0.1) is 0 Å². The topological polar surface area (TPSA) is 138 Å². The number of rotatable bonds is 12. The predicted molar refractivity (Wildman–Crippen MR) is 165 cm³/mol. The fourth-order valence-electron chi connectivity index (χ4n) is 6.09. The molecule has 0 bridgehead atoms. The van der Waals surface area contributed by atoms with Crippen molar-refractivity contribution in [1.82, 2.24) is 25.3 Å². The van der Waals surface area contributed by atoms with Crippen molar-refractivity contribution in [1.29, 1.82) is 5.26 Å². The summed E-state index contributed by atoms with van der Waals surface area (Å²) in [6.07, 6.45) is 9.69. The number of aromatic amines is 1. The molecule has 0 unspecified atom stereocenters. The normalized spacial score (nSPS) is 20.5. The van der Waals surface area contributed by atoms with Crippen LogP contribution in [-0.4, -0.2) is 58.4 Å². The lowest BCUT2D eigenvalue weighted by Crippen LogP contribution is -2.41. The van der Waals surface area contributed by atoms with E-state index in [2.05, 4.69) is 46.6 Å². The maximum Gasteiger partial charge on any atom is 0.287 e. The molecule has 0 amide bonds. The molecule has 234 valence electrons. The van der Waals surface area contributed by atoms with Gasteiger partial charge in [0.15, 0.2) is 0 Å². The minimum Gasteiger partial charge on any atom is -0.381 e. The lowest BCUT2D eigenvalue weighted by Gasteiger charge is -2.31. The number of H-pyrrole nitrogens is 1. The summed E-state index contributed by atoms with van der Waals surface area (Å²) in [5.74, 6) is 0.766.